The Balaban J connectivity index is 1.58. The second-order valence-corrected chi connectivity index (χ2v) is 4.87. The van der Waals surface area contributed by atoms with Gasteiger partial charge in [-0.15, -0.1) is 0 Å². The summed E-state index contributed by atoms with van der Waals surface area (Å²) in [4.78, 5) is 0. The van der Waals surface area contributed by atoms with E-state index in [4.69, 9.17) is 4.74 Å². The number of ether oxygens (including phenoxy) is 1. The highest BCUT2D eigenvalue weighted by molar-refractivity contribution is 5.14. The summed E-state index contributed by atoms with van der Waals surface area (Å²) in [6.45, 7) is 4.68. The SMILES string of the molecule is Cc1nn(C)cc1CNCCOC1CCCC1. The van der Waals surface area contributed by atoms with E-state index in [9.17, 15) is 0 Å². The number of nitrogens with zero attached hydrogens (tertiary/aromatic N) is 2. The van der Waals surface area contributed by atoms with E-state index < -0.39 is 0 Å². The minimum absolute atomic E-state index is 0.525. The van der Waals surface area contributed by atoms with Gasteiger partial charge in [-0.2, -0.15) is 5.10 Å². The van der Waals surface area contributed by atoms with Crippen LogP contribution >= 0.6 is 0 Å². The van der Waals surface area contributed by atoms with Crippen LogP contribution in [0.2, 0.25) is 0 Å². The molecule has 4 heteroatoms. The van der Waals surface area contributed by atoms with Crippen molar-refractivity contribution in [3.8, 4) is 0 Å². The first-order chi connectivity index (χ1) is 8.25. The van der Waals surface area contributed by atoms with E-state index in [0.29, 0.717) is 6.10 Å². The van der Waals surface area contributed by atoms with Crippen molar-refractivity contribution in [3.05, 3.63) is 17.5 Å². The summed E-state index contributed by atoms with van der Waals surface area (Å²) in [7, 11) is 1.96. The van der Waals surface area contributed by atoms with Crippen LogP contribution in [0.4, 0.5) is 0 Å². The normalized spacial score (nSPS) is 16.8. The van der Waals surface area contributed by atoms with Gasteiger partial charge in [-0.1, -0.05) is 12.8 Å². The maximum absolute atomic E-state index is 5.79. The minimum atomic E-state index is 0.525. The number of aryl methyl sites for hydroxylation is 2. The van der Waals surface area contributed by atoms with Crippen LogP contribution in [0.1, 0.15) is 36.9 Å². The molecule has 0 bridgehead atoms. The summed E-state index contributed by atoms with van der Waals surface area (Å²) in [5.41, 5.74) is 2.38. The second-order valence-electron chi connectivity index (χ2n) is 4.87. The van der Waals surface area contributed by atoms with Crippen LogP contribution in [0.5, 0.6) is 0 Å². The van der Waals surface area contributed by atoms with Crippen LogP contribution in [0.25, 0.3) is 0 Å². The Morgan fingerprint density at radius 2 is 2.24 bits per heavy atom. The highest BCUT2D eigenvalue weighted by Crippen LogP contribution is 2.20. The number of hydrogen-bond donors (Lipinski definition) is 1. The molecule has 1 saturated carbocycles. The van der Waals surface area contributed by atoms with Crippen molar-refractivity contribution in [2.45, 2.75) is 45.3 Å². The van der Waals surface area contributed by atoms with Crippen molar-refractivity contribution in [2.24, 2.45) is 7.05 Å². The van der Waals surface area contributed by atoms with Gasteiger partial charge in [0.05, 0.1) is 18.4 Å². The third-order valence-electron chi connectivity index (χ3n) is 3.37. The summed E-state index contributed by atoms with van der Waals surface area (Å²) < 4.78 is 7.66. The molecule has 0 spiro atoms. The average Bonchev–Trinajstić information content (AvgIpc) is 2.89. The Hall–Kier alpha value is -0.870. The Morgan fingerprint density at radius 3 is 2.88 bits per heavy atom. The van der Waals surface area contributed by atoms with Crippen molar-refractivity contribution in [1.29, 1.82) is 0 Å². The third kappa shape index (κ3) is 3.82. The van der Waals surface area contributed by atoms with Crippen LogP contribution < -0.4 is 5.32 Å². The van der Waals surface area contributed by atoms with E-state index in [2.05, 4.69) is 16.6 Å². The fourth-order valence-electron chi connectivity index (χ4n) is 2.40. The van der Waals surface area contributed by atoms with Gasteiger partial charge >= 0.3 is 0 Å². The summed E-state index contributed by atoms with van der Waals surface area (Å²) in [5, 5.41) is 7.72. The van der Waals surface area contributed by atoms with Crippen molar-refractivity contribution in [1.82, 2.24) is 15.1 Å². The van der Waals surface area contributed by atoms with Crippen molar-refractivity contribution >= 4 is 0 Å². The highest BCUT2D eigenvalue weighted by Gasteiger charge is 2.14. The third-order valence-corrected chi connectivity index (χ3v) is 3.37. The zero-order valence-corrected chi connectivity index (χ0v) is 10.9. The molecule has 1 aliphatic rings. The highest BCUT2D eigenvalue weighted by atomic mass is 16.5. The van der Waals surface area contributed by atoms with E-state index in [0.717, 1.165) is 25.4 Å². The molecule has 1 aromatic rings. The van der Waals surface area contributed by atoms with Gasteiger partial charge in [-0.25, -0.2) is 0 Å². The van der Waals surface area contributed by atoms with Gasteiger partial charge in [0.1, 0.15) is 0 Å². The molecule has 0 aromatic carbocycles. The fourth-order valence-corrected chi connectivity index (χ4v) is 2.40. The Labute approximate surface area is 103 Å². The van der Waals surface area contributed by atoms with Crippen LogP contribution in [0.3, 0.4) is 0 Å². The summed E-state index contributed by atoms with van der Waals surface area (Å²) in [5.74, 6) is 0. The summed E-state index contributed by atoms with van der Waals surface area (Å²) in [6.07, 6.45) is 7.78. The molecular weight excluding hydrogens is 214 g/mol. The number of nitrogens with one attached hydrogen (secondary N) is 1. The topological polar surface area (TPSA) is 39.1 Å². The van der Waals surface area contributed by atoms with Crippen molar-refractivity contribution in [3.63, 3.8) is 0 Å². The Morgan fingerprint density at radius 1 is 1.47 bits per heavy atom. The van der Waals surface area contributed by atoms with E-state index in [1.165, 1.54) is 31.2 Å². The fraction of sp³-hybridized carbons (Fsp3) is 0.769. The van der Waals surface area contributed by atoms with Crippen LogP contribution in [0, 0.1) is 6.92 Å². The molecule has 1 aromatic heterocycles. The first-order valence-corrected chi connectivity index (χ1v) is 6.57. The lowest BCUT2D eigenvalue weighted by Gasteiger charge is -2.11. The minimum Gasteiger partial charge on any atom is -0.377 e. The molecule has 2 rings (SSSR count). The molecule has 1 heterocycles. The average molecular weight is 237 g/mol. The molecule has 0 radical (unpaired) electrons. The molecule has 4 nitrogen and oxygen atoms in total. The first kappa shape index (κ1) is 12.6. The number of rotatable bonds is 6. The van der Waals surface area contributed by atoms with Gasteiger partial charge in [-0.05, 0) is 19.8 Å². The van der Waals surface area contributed by atoms with Crippen LogP contribution in [0.15, 0.2) is 6.20 Å². The number of aromatic nitrogens is 2. The predicted molar refractivity (Wildman–Crippen MR) is 67.9 cm³/mol. The van der Waals surface area contributed by atoms with E-state index in [1.54, 1.807) is 0 Å². The molecule has 0 unspecified atom stereocenters. The monoisotopic (exact) mass is 237 g/mol. The smallest absolute Gasteiger partial charge is 0.0638 e. The zero-order chi connectivity index (χ0) is 12.1. The van der Waals surface area contributed by atoms with E-state index in [1.807, 2.05) is 18.7 Å². The molecule has 0 aliphatic heterocycles. The molecule has 17 heavy (non-hydrogen) atoms. The largest absolute Gasteiger partial charge is 0.377 e. The predicted octanol–water partition coefficient (Wildman–Crippen LogP) is 1.78. The van der Waals surface area contributed by atoms with Gasteiger partial charge in [0.15, 0.2) is 0 Å². The quantitative estimate of drug-likeness (QED) is 0.767. The molecular formula is C13H23N3O. The lowest BCUT2D eigenvalue weighted by Crippen LogP contribution is -2.22. The van der Waals surface area contributed by atoms with Gasteiger partial charge in [0.25, 0.3) is 0 Å². The number of hydrogen-bond acceptors (Lipinski definition) is 3. The maximum Gasteiger partial charge on any atom is 0.0638 e. The standard InChI is InChI=1S/C13H23N3O/c1-11-12(10-16(2)15-11)9-14-7-8-17-13-5-3-4-6-13/h10,13-14H,3-9H2,1-2H3. The van der Waals surface area contributed by atoms with Crippen molar-refractivity contribution in [2.75, 3.05) is 13.2 Å². The molecule has 1 fully saturated rings. The van der Waals surface area contributed by atoms with Crippen molar-refractivity contribution < 1.29 is 4.74 Å². The van der Waals surface area contributed by atoms with Crippen LogP contribution in [-0.4, -0.2) is 29.0 Å². The van der Waals surface area contributed by atoms with E-state index >= 15 is 0 Å². The lowest BCUT2D eigenvalue weighted by molar-refractivity contribution is 0.0602. The second kappa shape index (κ2) is 6.17. The Bertz CT molecular complexity index is 342. The molecule has 0 saturated heterocycles. The Kier molecular flexibility index (Phi) is 4.57. The lowest BCUT2D eigenvalue weighted by atomic mass is 10.2. The van der Waals surface area contributed by atoms with Gasteiger partial charge in [-0.3, -0.25) is 4.68 Å². The van der Waals surface area contributed by atoms with E-state index in [-0.39, 0.29) is 0 Å². The molecule has 0 amide bonds. The summed E-state index contributed by atoms with van der Waals surface area (Å²) in [6, 6.07) is 0. The first-order valence-electron chi connectivity index (χ1n) is 6.57. The molecule has 1 N–H and O–H groups in total. The van der Waals surface area contributed by atoms with Gasteiger partial charge < -0.3 is 10.1 Å². The van der Waals surface area contributed by atoms with Crippen LogP contribution in [-0.2, 0) is 18.3 Å². The maximum atomic E-state index is 5.79. The van der Waals surface area contributed by atoms with Gasteiger partial charge in [0, 0.05) is 31.9 Å². The molecule has 0 atom stereocenters. The molecule has 96 valence electrons. The van der Waals surface area contributed by atoms with Gasteiger partial charge in [0.2, 0.25) is 0 Å². The molecule has 1 aliphatic carbocycles. The summed E-state index contributed by atoms with van der Waals surface area (Å²) >= 11 is 0. The zero-order valence-electron chi connectivity index (χ0n) is 10.9.